The summed E-state index contributed by atoms with van der Waals surface area (Å²) in [6.45, 7) is 7.86. The van der Waals surface area contributed by atoms with Gasteiger partial charge in [-0.2, -0.15) is 0 Å². The van der Waals surface area contributed by atoms with Crippen molar-refractivity contribution in [1.82, 2.24) is 10.2 Å². The third-order valence-electron chi connectivity index (χ3n) is 4.47. The lowest BCUT2D eigenvalue weighted by molar-refractivity contribution is 0.0527. The predicted octanol–water partition coefficient (Wildman–Crippen LogP) is 4.64. The number of aromatic nitrogens is 2. The molecule has 164 valence electrons. The van der Waals surface area contributed by atoms with Crippen LogP contribution in [0.15, 0.2) is 27.8 Å². The van der Waals surface area contributed by atoms with Crippen LogP contribution in [0.4, 0.5) is 5.00 Å². The number of carbonyl (C=O) groups excluding carboxylic acids is 2. The first-order chi connectivity index (χ1) is 14.8. The van der Waals surface area contributed by atoms with Crippen molar-refractivity contribution in [2.75, 3.05) is 18.9 Å². The normalized spacial score (nSPS) is 10.8. The number of nitrogens with zero attached hydrogens (tertiary/aromatic N) is 2. The second-order valence-electron chi connectivity index (χ2n) is 6.55. The molecule has 1 aromatic carbocycles. The molecular weight excluding hydrogens is 438 g/mol. The van der Waals surface area contributed by atoms with E-state index in [0.29, 0.717) is 16.7 Å². The average molecular weight is 462 g/mol. The highest BCUT2D eigenvalue weighted by atomic mass is 32.2. The van der Waals surface area contributed by atoms with Crippen molar-refractivity contribution in [3.05, 3.63) is 45.3 Å². The second kappa shape index (κ2) is 9.97. The third kappa shape index (κ3) is 5.08. The van der Waals surface area contributed by atoms with Gasteiger partial charge in [0.1, 0.15) is 9.88 Å². The number of carbonyl (C=O) groups is 2. The number of benzene rings is 1. The standard InChI is InChI=1S/C21H23N3O5S2/c1-5-27-19(25)15-14(16(31-17(15)22)20(26)28-6-2)10-30-21-24-23-18(29-21)13-8-7-11(3)12(4)9-13/h7-9H,5-6,10,22H2,1-4H3. The number of rotatable bonds is 8. The molecule has 10 heteroatoms. The molecule has 2 N–H and O–H groups in total. The number of nitrogen functional groups attached to an aromatic ring is 1. The molecule has 3 rings (SSSR count). The number of thiophene rings is 1. The molecule has 8 nitrogen and oxygen atoms in total. The van der Waals surface area contributed by atoms with E-state index < -0.39 is 11.9 Å². The first-order valence-electron chi connectivity index (χ1n) is 9.64. The summed E-state index contributed by atoms with van der Waals surface area (Å²) in [6.07, 6.45) is 0. The molecule has 0 atom stereocenters. The molecule has 2 aromatic heterocycles. The fourth-order valence-electron chi connectivity index (χ4n) is 2.80. The number of ether oxygens (including phenoxy) is 2. The van der Waals surface area contributed by atoms with E-state index in [-0.39, 0.29) is 34.4 Å². The molecule has 0 unspecified atom stereocenters. The van der Waals surface area contributed by atoms with Crippen molar-refractivity contribution in [3.63, 3.8) is 0 Å². The molecule has 31 heavy (non-hydrogen) atoms. The molecule has 0 radical (unpaired) electrons. The van der Waals surface area contributed by atoms with Crippen molar-refractivity contribution >= 4 is 40.0 Å². The first-order valence-corrected chi connectivity index (χ1v) is 11.4. The van der Waals surface area contributed by atoms with E-state index in [1.165, 1.54) is 17.3 Å². The Morgan fingerprint density at radius 3 is 2.48 bits per heavy atom. The van der Waals surface area contributed by atoms with E-state index >= 15 is 0 Å². The van der Waals surface area contributed by atoms with Gasteiger partial charge in [-0.15, -0.1) is 21.5 Å². The molecule has 2 heterocycles. The maximum absolute atomic E-state index is 12.4. The molecule has 0 spiro atoms. The van der Waals surface area contributed by atoms with Gasteiger partial charge in [0.2, 0.25) is 5.89 Å². The number of anilines is 1. The fourth-order valence-corrected chi connectivity index (χ4v) is 4.66. The molecule has 0 fully saturated rings. The molecule has 0 saturated heterocycles. The van der Waals surface area contributed by atoms with Crippen LogP contribution in [0.5, 0.6) is 0 Å². The lowest BCUT2D eigenvalue weighted by atomic mass is 10.1. The van der Waals surface area contributed by atoms with Crippen molar-refractivity contribution in [1.29, 1.82) is 0 Å². The maximum atomic E-state index is 12.4. The molecular formula is C21H23N3O5S2. The average Bonchev–Trinajstić information content (AvgIpc) is 3.33. The predicted molar refractivity (Wildman–Crippen MR) is 119 cm³/mol. The van der Waals surface area contributed by atoms with E-state index in [4.69, 9.17) is 19.6 Å². The summed E-state index contributed by atoms with van der Waals surface area (Å²) >= 11 is 2.21. The minimum Gasteiger partial charge on any atom is -0.462 e. The minimum absolute atomic E-state index is 0.177. The summed E-state index contributed by atoms with van der Waals surface area (Å²) < 4.78 is 16.0. The Labute approximate surface area is 188 Å². The van der Waals surface area contributed by atoms with Crippen LogP contribution in [-0.4, -0.2) is 35.3 Å². The summed E-state index contributed by atoms with van der Waals surface area (Å²) in [4.78, 5) is 25.1. The van der Waals surface area contributed by atoms with Gasteiger partial charge >= 0.3 is 11.9 Å². The van der Waals surface area contributed by atoms with Crippen molar-refractivity contribution in [3.8, 4) is 11.5 Å². The number of aryl methyl sites for hydroxylation is 2. The monoisotopic (exact) mass is 461 g/mol. The highest BCUT2D eigenvalue weighted by Gasteiger charge is 2.28. The zero-order chi connectivity index (χ0) is 22.5. The lowest BCUT2D eigenvalue weighted by Crippen LogP contribution is -2.11. The molecule has 0 aliphatic rings. The molecule has 0 bridgehead atoms. The van der Waals surface area contributed by atoms with Crippen LogP contribution in [0.25, 0.3) is 11.5 Å². The van der Waals surface area contributed by atoms with Crippen molar-refractivity contribution < 1.29 is 23.5 Å². The second-order valence-corrected chi connectivity index (χ2v) is 8.53. The largest absolute Gasteiger partial charge is 0.462 e. The van der Waals surface area contributed by atoms with Crippen LogP contribution in [0.2, 0.25) is 0 Å². The van der Waals surface area contributed by atoms with Crippen LogP contribution in [0, 0.1) is 13.8 Å². The Hall–Kier alpha value is -2.85. The summed E-state index contributed by atoms with van der Waals surface area (Å²) in [7, 11) is 0. The zero-order valence-corrected chi connectivity index (χ0v) is 19.3. The van der Waals surface area contributed by atoms with Crippen LogP contribution in [-0.2, 0) is 15.2 Å². The van der Waals surface area contributed by atoms with E-state index in [1.807, 2.05) is 32.0 Å². The molecule has 0 aliphatic carbocycles. The highest BCUT2D eigenvalue weighted by Crippen LogP contribution is 2.37. The molecule has 3 aromatic rings. The van der Waals surface area contributed by atoms with Gasteiger partial charge in [-0.25, -0.2) is 9.59 Å². The smallest absolute Gasteiger partial charge is 0.348 e. The molecule has 0 aliphatic heterocycles. The van der Waals surface area contributed by atoms with Gasteiger partial charge in [0.25, 0.3) is 5.22 Å². The third-order valence-corrected chi connectivity index (χ3v) is 6.36. The molecule has 0 amide bonds. The minimum atomic E-state index is -0.580. The topological polar surface area (TPSA) is 118 Å². The summed E-state index contributed by atoms with van der Waals surface area (Å²) in [5.41, 5.74) is 9.76. The Kier molecular flexibility index (Phi) is 7.34. The summed E-state index contributed by atoms with van der Waals surface area (Å²) in [6, 6.07) is 5.89. The Balaban J connectivity index is 1.86. The summed E-state index contributed by atoms with van der Waals surface area (Å²) in [5, 5.41) is 8.70. The van der Waals surface area contributed by atoms with Gasteiger partial charge in [0, 0.05) is 16.9 Å². The quantitative estimate of drug-likeness (QED) is 0.378. The SMILES string of the molecule is CCOC(=O)c1sc(N)c(C(=O)OCC)c1CSc1nnc(-c2ccc(C)c(C)c2)o1. The van der Waals surface area contributed by atoms with E-state index in [2.05, 4.69) is 10.2 Å². The van der Waals surface area contributed by atoms with Crippen molar-refractivity contribution in [2.45, 2.75) is 38.7 Å². The van der Waals surface area contributed by atoms with Gasteiger partial charge in [0.05, 0.1) is 18.8 Å². The van der Waals surface area contributed by atoms with E-state index in [0.717, 1.165) is 22.5 Å². The van der Waals surface area contributed by atoms with Crippen molar-refractivity contribution in [2.24, 2.45) is 0 Å². The number of thioether (sulfide) groups is 1. The highest BCUT2D eigenvalue weighted by molar-refractivity contribution is 7.98. The number of nitrogens with two attached hydrogens (primary N) is 1. The van der Waals surface area contributed by atoms with Crippen LogP contribution < -0.4 is 5.73 Å². The Bertz CT molecular complexity index is 1110. The van der Waals surface area contributed by atoms with E-state index in [1.54, 1.807) is 13.8 Å². The number of esters is 2. The van der Waals surface area contributed by atoms with Crippen LogP contribution >= 0.6 is 23.1 Å². The van der Waals surface area contributed by atoms with Crippen LogP contribution in [0.1, 0.15) is 50.6 Å². The Morgan fingerprint density at radius 2 is 1.81 bits per heavy atom. The Morgan fingerprint density at radius 1 is 1.10 bits per heavy atom. The fraction of sp³-hybridized carbons (Fsp3) is 0.333. The first kappa shape index (κ1) is 22.8. The number of hydrogen-bond acceptors (Lipinski definition) is 10. The van der Waals surface area contributed by atoms with Gasteiger partial charge < -0.3 is 19.6 Å². The zero-order valence-electron chi connectivity index (χ0n) is 17.7. The van der Waals surface area contributed by atoms with Gasteiger partial charge in [-0.3, -0.25) is 0 Å². The van der Waals surface area contributed by atoms with Gasteiger partial charge in [-0.1, -0.05) is 17.8 Å². The molecule has 0 saturated carbocycles. The van der Waals surface area contributed by atoms with E-state index in [9.17, 15) is 9.59 Å². The van der Waals surface area contributed by atoms with Gasteiger partial charge in [-0.05, 0) is 51.0 Å². The van der Waals surface area contributed by atoms with Crippen LogP contribution in [0.3, 0.4) is 0 Å². The summed E-state index contributed by atoms with van der Waals surface area (Å²) in [5.74, 6) is -0.507. The lowest BCUT2D eigenvalue weighted by Gasteiger charge is -2.06. The van der Waals surface area contributed by atoms with Gasteiger partial charge in [0.15, 0.2) is 0 Å². The maximum Gasteiger partial charge on any atom is 0.348 e. The number of hydrogen-bond donors (Lipinski definition) is 1.